The van der Waals surface area contributed by atoms with E-state index in [4.69, 9.17) is 15.9 Å². The number of carboxylic acid groups (broad SMARTS) is 3. The lowest BCUT2D eigenvalue weighted by Gasteiger charge is -2.28. The largest absolute Gasteiger partial charge is 0.481 e. The van der Waals surface area contributed by atoms with Crippen LogP contribution in [0.1, 0.15) is 32.1 Å². The average Bonchev–Trinajstić information content (AvgIpc) is 3.18. The summed E-state index contributed by atoms with van der Waals surface area (Å²) >= 11 is 1.37. The number of nitrogens with zero attached hydrogens (tertiary/aromatic N) is 1. The Hall–Kier alpha value is -2.87. The zero-order chi connectivity index (χ0) is 24.4. The van der Waals surface area contributed by atoms with Gasteiger partial charge in [0.2, 0.25) is 17.7 Å². The van der Waals surface area contributed by atoms with Crippen molar-refractivity contribution in [3.63, 3.8) is 0 Å². The van der Waals surface area contributed by atoms with Crippen LogP contribution in [0.15, 0.2) is 0 Å². The second-order valence-electron chi connectivity index (χ2n) is 7.23. The van der Waals surface area contributed by atoms with Crippen LogP contribution in [-0.4, -0.2) is 98.6 Å². The molecule has 14 heteroatoms. The molecule has 32 heavy (non-hydrogen) atoms. The van der Waals surface area contributed by atoms with Gasteiger partial charge in [0.25, 0.3) is 0 Å². The molecule has 0 saturated carbocycles. The van der Waals surface area contributed by atoms with Crippen molar-refractivity contribution in [2.45, 2.75) is 56.3 Å². The molecule has 4 atom stereocenters. The van der Waals surface area contributed by atoms with Crippen LogP contribution >= 0.6 is 11.8 Å². The molecule has 1 fully saturated rings. The highest BCUT2D eigenvalue weighted by molar-refractivity contribution is 7.98. The summed E-state index contributed by atoms with van der Waals surface area (Å²) in [5.41, 5.74) is 5.60. The summed E-state index contributed by atoms with van der Waals surface area (Å²) in [5, 5.41) is 31.7. The summed E-state index contributed by atoms with van der Waals surface area (Å²) in [7, 11) is 0. The zero-order valence-electron chi connectivity index (χ0n) is 17.5. The summed E-state index contributed by atoms with van der Waals surface area (Å²) < 4.78 is 0. The monoisotopic (exact) mass is 476 g/mol. The first-order chi connectivity index (χ1) is 15.0. The number of hydrogen-bond donors (Lipinski definition) is 6. The van der Waals surface area contributed by atoms with E-state index in [-0.39, 0.29) is 19.4 Å². The maximum absolute atomic E-state index is 12.7. The fourth-order valence-corrected chi connectivity index (χ4v) is 3.68. The van der Waals surface area contributed by atoms with E-state index in [0.717, 1.165) is 4.90 Å². The van der Waals surface area contributed by atoms with Crippen LogP contribution in [-0.2, 0) is 28.8 Å². The second kappa shape index (κ2) is 12.9. The number of amides is 3. The Kier molecular flexibility index (Phi) is 10.9. The maximum atomic E-state index is 12.7. The first-order valence-corrected chi connectivity index (χ1v) is 11.2. The van der Waals surface area contributed by atoms with Gasteiger partial charge in [-0.25, -0.2) is 4.79 Å². The molecule has 180 valence electrons. The first kappa shape index (κ1) is 27.2. The van der Waals surface area contributed by atoms with Gasteiger partial charge < -0.3 is 36.6 Å². The van der Waals surface area contributed by atoms with Gasteiger partial charge in [0.15, 0.2) is 0 Å². The van der Waals surface area contributed by atoms with E-state index in [0.29, 0.717) is 12.2 Å². The van der Waals surface area contributed by atoms with Gasteiger partial charge in [0.1, 0.15) is 18.1 Å². The van der Waals surface area contributed by atoms with Crippen LogP contribution in [0.2, 0.25) is 0 Å². The normalized spacial score (nSPS) is 18.3. The van der Waals surface area contributed by atoms with Crippen LogP contribution in [0.5, 0.6) is 0 Å². The summed E-state index contributed by atoms with van der Waals surface area (Å²) in [6.45, 7) is 0.149. The van der Waals surface area contributed by atoms with Gasteiger partial charge in [0.05, 0.1) is 18.9 Å². The van der Waals surface area contributed by atoms with Crippen LogP contribution in [0.3, 0.4) is 0 Å². The van der Waals surface area contributed by atoms with Crippen molar-refractivity contribution in [2.24, 2.45) is 5.73 Å². The molecular weight excluding hydrogens is 448 g/mol. The molecule has 0 aromatic carbocycles. The second-order valence-corrected chi connectivity index (χ2v) is 8.22. The molecule has 7 N–H and O–H groups in total. The third-order valence-corrected chi connectivity index (χ3v) is 5.43. The third-order valence-electron chi connectivity index (χ3n) is 4.79. The Labute approximate surface area is 188 Å². The summed E-state index contributed by atoms with van der Waals surface area (Å²) in [6, 6.07) is -5.24. The molecule has 1 aliphatic heterocycles. The van der Waals surface area contributed by atoms with Gasteiger partial charge in [0, 0.05) is 6.54 Å². The van der Waals surface area contributed by atoms with Crippen molar-refractivity contribution < 1.29 is 44.1 Å². The van der Waals surface area contributed by atoms with E-state index in [9.17, 15) is 33.9 Å². The van der Waals surface area contributed by atoms with Crippen molar-refractivity contribution in [1.29, 1.82) is 0 Å². The number of thioether (sulfide) groups is 1. The van der Waals surface area contributed by atoms with Gasteiger partial charge >= 0.3 is 17.9 Å². The van der Waals surface area contributed by atoms with Crippen LogP contribution < -0.4 is 16.4 Å². The Morgan fingerprint density at radius 3 is 2.19 bits per heavy atom. The number of aliphatic carboxylic acids is 3. The number of carbonyl (C=O) groups is 6. The predicted molar refractivity (Wildman–Crippen MR) is 112 cm³/mol. The lowest BCUT2D eigenvalue weighted by molar-refractivity contribution is -0.145. The molecule has 1 saturated heterocycles. The van der Waals surface area contributed by atoms with E-state index < -0.39 is 72.6 Å². The highest BCUT2D eigenvalue weighted by Crippen LogP contribution is 2.19. The molecule has 1 rings (SSSR count). The number of carboxylic acids is 3. The van der Waals surface area contributed by atoms with E-state index in [1.54, 1.807) is 6.26 Å². The lowest BCUT2D eigenvalue weighted by atomic mass is 10.1. The fraction of sp³-hybridized carbons (Fsp3) is 0.667. The van der Waals surface area contributed by atoms with Gasteiger partial charge in [-0.1, -0.05) is 0 Å². The first-order valence-electron chi connectivity index (χ1n) is 9.80. The van der Waals surface area contributed by atoms with Gasteiger partial charge in [-0.2, -0.15) is 11.8 Å². The van der Waals surface area contributed by atoms with Crippen LogP contribution in [0, 0.1) is 0 Å². The van der Waals surface area contributed by atoms with Crippen molar-refractivity contribution >= 4 is 47.4 Å². The summed E-state index contributed by atoms with van der Waals surface area (Å²) in [4.78, 5) is 72.1. The van der Waals surface area contributed by atoms with E-state index in [2.05, 4.69) is 10.6 Å². The SMILES string of the molecule is CSCCC(NC(=O)C(CC(=O)O)NC(=O)C1CCCN1C(=O)C(N)CC(=O)O)C(=O)O. The Morgan fingerprint density at radius 1 is 1.03 bits per heavy atom. The predicted octanol–water partition coefficient (Wildman–Crippen LogP) is -1.94. The average molecular weight is 477 g/mol. The fourth-order valence-electron chi connectivity index (χ4n) is 3.21. The lowest BCUT2D eigenvalue weighted by Crippen LogP contribution is -2.57. The Balaban J connectivity index is 2.91. The summed E-state index contributed by atoms with van der Waals surface area (Å²) in [6.07, 6.45) is 1.07. The quantitative estimate of drug-likeness (QED) is 0.172. The standard InChI is InChI=1S/C18H28N4O9S/c1-32-6-4-10(18(30)31)20-15(27)11(8-14(25)26)21-16(28)12-3-2-5-22(12)17(29)9(19)7-13(23)24/h9-12H,2-8,19H2,1H3,(H,20,27)(H,21,28)(H,23,24)(H,25,26)(H,30,31). The molecule has 0 radical (unpaired) electrons. The van der Waals surface area contributed by atoms with Gasteiger partial charge in [-0.3, -0.25) is 24.0 Å². The molecule has 4 unspecified atom stereocenters. The maximum Gasteiger partial charge on any atom is 0.326 e. The smallest absolute Gasteiger partial charge is 0.326 e. The zero-order valence-corrected chi connectivity index (χ0v) is 18.3. The molecule has 1 aliphatic rings. The minimum atomic E-state index is -1.57. The Morgan fingerprint density at radius 2 is 1.66 bits per heavy atom. The van der Waals surface area contributed by atoms with Crippen molar-refractivity contribution in [2.75, 3.05) is 18.6 Å². The third kappa shape index (κ3) is 8.34. The number of likely N-dealkylation sites (tertiary alicyclic amines) is 1. The summed E-state index contributed by atoms with van der Waals surface area (Å²) in [5.74, 6) is -6.07. The number of rotatable bonds is 13. The van der Waals surface area contributed by atoms with E-state index >= 15 is 0 Å². The Bertz CT molecular complexity index is 748. The molecular formula is C18H28N4O9S. The highest BCUT2D eigenvalue weighted by Gasteiger charge is 2.38. The molecule has 0 bridgehead atoms. The van der Waals surface area contributed by atoms with Crippen molar-refractivity contribution in [1.82, 2.24) is 15.5 Å². The molecule has 0 spiro atoms. The number of nitrogens with one attached hydrogen (secondary N) is 2. The molecule has 0 aromatic heterocycles. The van der Waals surface area contributed by atoms with Gasteiger partial charge in [-0.15, -0.1) is 0 Å². The topological polar surface area (TPSA) is 216 Å². The number of carbonyl (C=O) groups excluding carboxylic acids is 3. The van der Waals surface area contributed by atoms with Crippen molar-refractivity contribution in [3.05, 3.63) is 0 Å². The number of nitrogens with two attached hydrogens (primary N) is 1. The van der Waals surface area contributed by atoms with Crippen LogP contribution in [0.25, 0.3) is 0 Å². The molecule has 3 amide bonds. The number of hydrogen-bond acceptors (Lipinski definition) is 8. The molecule has 0 aromatic rings. The minimum Gasteiger partial charge on any atom is -0.481 e. The highest BCUT2D eigenvalue weighted by atomic mass is 32.2. The molecule has 0 aliphatic carbocycles. The van der Waals surface area contributed by atoms with Gasteiger partial charge in [-0.05, 0) is 31.3 Å². The minimum absolute atomic E-state index is 0.0996. The van der Waals surface area contributed by atoms with Crippen LogP contribution in [0.4, 0.5) is 0 Å². The van der Waals surface area contributed by atoms with E-state index in [1.165, 1.54) is 11.8 Å². The van der Waals surface area contributed by atoms with Crippen molar-refractivity contribution in [3.8, 4) is 0 Å². The van der Waals surface area contributed by atoms with E-state index in [1.807, 2.05) is 0 Å². The molecule has 13 nitrogen and oxygen atoms in total. The molecule has 1 heterocycles.